The van der Waals surface area contributed by atoms with Crippen LogP contribution in [-0.2, 0) is 11.3 Å². The standard InChI is InChI=1S/C14H25N3O2/c1-10(2)13-16-9-12(11(8-15)17-13)18-6-7-19-14(3,4)5/h9-10H,6-8,15H2,1-5H3. The zero-order chi connectivity index (χ0) is 14.5. The van der Waals surface area contributed by atoms with Crippen molar-refractivity contribution in [2.75, 3.05) is 13.2 Å². The summed E-state index contributed by atoms with van der Waals surface area (Å²) < 4.78 is 11.2. The molecule has 108 valence electrons. The van der Waals surface area contributed by atoms with Crippen molar-refractivity contribution in [3.63, 3.8) is 0 Å². The second kappa shape index (κ2) is 6.82. The number of rotatable bonds is 6. The van der Waals surface area contributed by atoms with Gasteiger partial charge in [-0.3, -0.25) is 0 Å². The van der Waals surface area contributed by atoms with Crippen LogP contribution in [0.2, 0.25) is 0 Å². The Balaban J connectivity index is 2.58. The van der Waals surface area contributed by atoms with Gasteiger partial charge in [0, 0.05) is 12.5 Å². The lowest BCUT2D eigenvalue weighted by atomic mass is 10.2. The number of nitrogens with two attached hydrogens (primary N) is 1. The molecule has 0 atom stereocenters. The largest absolute Gasteiger partial charge is 0.488 e. The Hall–Kier alpha value is -1.20. The molecule has 0 unspecified atom stereocenters. The molecule has 0 spiro atoms. The van der Waals surface area contributed by atoms with E-state index in [2.05, 4.69) is 9.97 Å². The Morgan fingerprint density at radius 2 is 1.95 bits per heavy atom. The average Bonchev–Trinajstić information content (AvgIpc) is 2.33. The number of hydrogen-bond donors (Lipinski definition) is 1. The zero-order valence-electron chi connectivity index (χ0n) is 12.6. The molecule has 5 nitrogen and oxygen atoms in total. The van der Waals surface area contributed by atoms with Gasteiger partial charge in [-0.25, -0.2) is 9.97 Å². The third-order valence-corrected chi connectivity index (χ3v) is 2.43. The predicted octanol–water partition coefficient (Wildman–Crippen LogP) is 2.25. The molecule has 0 saturated heterocycles. The minimum Gasteiger partial charge on any atom is -0.488 e. The minimum atomic E-state index is -0.155. The summed E-state index contributed by atoms with van der Waals surface area (Å²) in [4.78, 5) is 8.70. The molecule has 1 aromatic heterocycles. The van der Waals surface area contributed by atoms with Gasteiger partial charge in [0.15, 0.2) is 5.75 Å². The summed E-state index contributed by atoms with van der Waals surface area (Å²) in [6.07, 6.45) is 1.70. The van der Waals surface area contributed by atoms with Crippen LogP contribution < -0.4 is 10.5 Å². The lowest BCUT2D eigenvalue weighted by molar-refractivity contribution is -0.0164. The van der Waals surface area contributed by atoms with E-state index >= 15 is 0 Å². The summed E-state index contributed by atoms with van der Waals surface area (Å²) in [6, 6.07) is 0. The molecule has 1 rings (SSSR count). The second-order valence-corrected chi connectivity index (χ2v) is 5.71. The average molecular weight is 267 g/mol. The first kappa shape index (κ1) is 15.9. The van der Waals surface area contributed by atoms with Crippen LogP contribution in [0.25, 0.3) is 0 Å². The third kappa shape index (κ3) is 5.53. The molecule has 5 heteroatoms. The van der Waals surface area contributed by atoms with Crippen molar-refractivity contribution in [2.45, 2.75) is 52.7 Å². The Labute approximate surface area is 115 Å². The van der Waals surface area contributed by atoms with E-state index in [0.717, 1.165) is 11.5 Å². The van der Waals surface area contributed by atoms with E-state index < -0.39 is 0 Å². The lowest BCUT2D eigenvalue weighted by Crippen LogP contribution is -2.22. The van der Waals surface area contributed by atoms with E-state index in [4.69, 9.17) is 15.2 Å². The summed E-state index contributed by atoms with van der Waals surface area (Å²) in [7, 11) is 0. The van der Waals surface area contributed by atoms with E-state index in [1.54, 1.807) is 6.20 Å². The van der Waals surface area contributed by atoms with Crippen molar-refractivity contribution in [3.05, 3.63) is 17.7 Å². The maximum absolute atomic E-state index is 5.69. The van der Waals surface area contributed by atoms with E-state index in [1.807, 2.05) is 34.6 Å². The summed E-state index contributed by atoms with van der Waals surface area (Å²) in [5.41, 5.74) is 6.28. The Morgan fingerprint density at radius 3 is 2.47 bits per heavy atom. The van der Waals surface area contributed by atoms with Gasteiger partial charge < -0.3 is 15.2 Å². The molecule has 0 amide bonds. The fraction of sp³-hybridized carbons (Fsp3) is 0.714. The maximum atomic E-state index is 5.69. The van der Waals surface area contributed by atoms with Gasteiger partial charge in [-0.15, -0.1) is 0 Å². The van der Waals surface area contributed by atoms with E-state index in [9.17, 15) is 0 Å². The molecule has 0 aromatic carbocycles. The summed E-state index contributed by atoms with van der Waals surface area (Å²) >= 11 is 0. The fourth-order valence-corrected chi connectivity index (χ4v) is 1.47. The number of hydrogen-bond acceptors (Lipinski definition) is 5. The van der Waals surface area contributed by atoms with Gasteiger partial charge in [-0.05, 0) is 20.8 Å². The van der Waals surface area contributed by atoms with Gasteiger partial charge in [0.05, 0.1) is 24.1 Å². The third-order valence-electron chi connectivity index (χ3n) is 2.43. The van der Waals surface area contributed by atoms with E-state index in [-0.39, 0.29) is 11.5 Å². The van der Waals surface area contributed by atoms with Gasteiger partial charge >= 0.3 is 0 Å². The maximum Gasteiger partial charge on any atom is 0.160 e. The number of aromatic nitrogens is 2. The number of ether oxygens (including phenoxy) is 2. The van der Waals surface area contributed by atoms with Crippen LogP contribution in [-0.4, -0.2) is 28.8 Å². The molecule has 0 aliphatic carbocycles. The molecule has 0 radical (unpaired) electrons. The lowest BCUT2D eigenvalue weighted by Gasteiger charge is -2.19. The Bertz CT molecular complexity index is 400. The van der Waals surface area contributed by atoms with Gasteiger partial charge in [0.2, 0.25) is 0 Å². The monoisotopic (exact) mass is 267 g/mol. The van der Waals surface area contributed by atoms with Gasteiger partial charge in [0.25, 0.3) is 0 Å². The van der Waals surface area contributed by atoms with E-state index in [0.29, 0.717) is 25.5 Å². The molecular weight excluding hydrogens is 242 g/mol. The molecule has 2 N–H and O–H groups in total. The van der Waals surface area contributed by atoms with Crippen LogP contribution >= 0.6 is 0 Å². The SMILES string of the molecule is CC(C)c1ncc(OCCOC(C)(C)C)c(CN)n1. The van der Waals surface area contributed by atoms with Gasteiger partial charge in [0.1, 0.15) is 12.4 Å². The smallest absolute Gasteiger partial charge is 0.160 e. The summed E-state index contributed by atoms with van der Waals surface area (Å²) in [6.45, 7) is 11.5. The predicted molar refractivity (Wildman–Crippen MR) is 75.2 cm³/mol. The quantitative estimate of drug-likeness (QED) is 0.800. The van der Waals surface area contributed by atoms with Crippen molar-refractivity contribution < 1.29 is 9.47 Å². The topological polar surface area (TPSA) is 70.3 Å². The van der Waals surface area contributed by atoms with Crippen LogP contribution in [0.5, 0.6) is 5.75 Å². The minimum absolute atomic E-state index is 0.155. The van der Waals surface area contributed by atoms with Crippen LogP contribution in [0.4, 0.5) is 0 Å². The summed E-state index contributed by atoms with van der Waals surface area (Å²) in [5.74, 6) is 1.71. The molecule has 0 fully saturated rings. The van der Waals surface area contributed by atoms with Crippen molar-refractivity contribution in [1.82, 2.24) is 9.97 Å². The van der Waals surface area contributed by atoms with Crippen LogP contribution in [0.3, 0.4) is 0 Å². The highest BCUT2D eigenvalue weighted by molar-refractivity contribution is 5.25. The highest BCUT2D eigenvalue weighted by Crippen LogP contribution is 2.18. The highest BCUT2D eigenvalue weighted by atomic mass is 16.5. The van der Waals surface area contributed by atoms with Crippen molar-refractivity contribution >= 4 is 0 Å². The van der Waals surface area contributed by atoms with Crippen molar-refractivity contribution in [3.8, 4) is 5.75 Å². The first-order valence-corrected chi connectivity index (χ1v) is 6.66. The molecule has 0 saturated carbocycles. The first-order chi connectivity index (χ1) is 8.83. The highest BCUT2D eigenvalue weighted by Gasteiger charge is 2.12. The molecular formula is C14H25N3O2. The van der Waals surface area contributed by atoms with Crippen LogP contribution in [0.15, 0.2) is 6.20 Å². The first-order valence-electron chi connectivity index (χ1n) is 6.66. The fourth-order valence-electron chi connectivity index (χ4n) is 1.47. The Kier molecular flexibility index (Phi) is 5.69. The van der Waals surface area contributed by atoms with Crippen molar-refractivity contribution in [1.29, 1.82) is 0 Å². The van der Waals surface area contributed by atoms with Crippen LogP contribution in [0, 0.1) is 0 Å². The Morgan fingerprint density at radius 1 is 1.26 bits per heavy atom. The molecule has 0 aliphatic heterocycles. The molecule has 19 heavy (non-hydrogen) atoms. The zero-order valence-corrected chi connectivity index (χ0v) is 12.6. The molecule has 0 aliphatic rings. The molecule has 0 bridgehead atoms. The summed E-state index contributed by atoms with van der Waals surface area (Å²) in [5, 5.41) is 0. The van der Waals surface area contributed by atoms with Gasteiger partial charge in [-0.1, -0.05) is 13.8 Å². The van der Waals surface area contributed by atoms with Crippen molar-refractivity contribution in [2.24, 2.45) is 5.73 Å². The number of nitrogens with zero attached hydrogens (tertiary/aromatic N) is 2. The van der Waals surface area contributed by atoms with E-state index in [1.165, 1.54) is 0 Å². The normalized spacial score (nSPS) is 11.9. The second-order valence-electron chi connectivity index (χ2n) is 5.71. The van der Waals surface area contributed by atoms with Gasteiger partial charge in [-0.2, -0.15) is 0 Å². The van der Waals surface area contributed by atoms with Crippen LogP contribution in [0.1, 0.15) is 52.1 Å². The molecule has 1 heterocycles. The molecule has 1 aromatic rings.